The van der Waals surface area contributed by atoms with Crippen LogP contribution in [0.3, 0.4) is 0 Å². The van der Waals surface area contributed by atoms with Gasteiger partial charge in [0, 0.05) is 4.88 Å². The molecule has 2 aromatic carbocycles. The number of alkyl halides is 3. The summed E-state index contributed by atoms with van der Waals surface area (Å²) in [5, 5.41) is 2.06. The maximum absolute atomic E-state index is 12.2. The lowest BCUT2D eigenvalue weighted by molar-refractivity contribution is -0.274. The molecule has 1 aliphatic heterocycles. The molecule has 0 radical (unpaired) electrons. The first-order valence-corrected chi connectivity index (χ1v) is 9.43. The summed E-state index contributed by atoms with van der Waals surface area (Å²) in [6.45, 7) is 0. The van der Waals surface area contributed by atoms with Crippen molar-refractivity contribution in [2.75, 3.05) is 0 Å². The van der Waals surface area contributed by atoms with Crippen LogP contribution in [0.2, 0.25) is 0 Å². The number of rotatable bonds is 4. The maximum Gasteiger partial charge on any atom is 0.573 e. The summed E-state index contributed by atoms with van der Waals surface area (Å²) in [7, 11) is 0. The SMILES string of the molecule is FC(F)(F)Oc1ccc(-c2ccc(C3CCC(c4cccs4)=N3)cc2)cc1. The van der Waals surface area contributed by atoms with Gasteiger partial charge in [0.05, 0.1) is 11.8 Å². The molecule has 1 aliphatic rings. The highest BCUT2D eigenvalue weighted by Crippen LogP contribution is 2.33. The number of aliphatic imine (C=N–C) groups is 1. The topological polar surface area (TPSA) is 21.6 Å². The normalized spacial score (nSPS) is 17.0. The standard InChI is InChI=1S/C21H16F3NOS/c22-21(23,24)26-17-9-7-15(8-10-17)14-3-5-16(6-4-14)18-11-12-19(25-18)20-2-1-13-27-20/h1-10,13,18H,11-12H2. The summed E-state index contributed by atoms with van der Waals surface area (Å²) in [6.07, 6.45) is -2.70. The predicted molar refractivity (Wildman–Crippen MR) is 101 cm³/mol. The van der Waals surface area contributed by atoms with Crippen molar-refractivity contribution in [3.63, 3.8) is 0 Å². The second-order valence-electron chi connectivity index (χ2n) is 6.30. The fourth-order valence-electron chi connectivity index (χ4n) is 3.21. The number of hydrogen-bond acceptors (Lipinski definition) is 3. The summed E-state index contributed by atoms with van der Waals surface area (Å²) in [6, 6.07) is 18.2. The van der Waals surface area contributed by atoms with Crippen LogP contribution in [0.15, 0.2) is 71.0 Å². The molecule has 2 heterocycles. The van der Waals surface area contributed by atoms with E-state index in [1.807, 2.05) is 30.3 Å². The average Bonchev–Trinajstić information content (AvgIpc) is 3.33. The lowest BCUT2D eigenvalue weighted by atomic mass is 9.99. The van der Waals surface area contributed by atoms with Crippen LogP contribution in [0.1, 0.15) is 29.3 Å². The fourth-order valence-corrected chi connectivity index (χ4v) is 3.96. The Morgan fingerprint density at radius 3 is 2.19 bits per heavy atom. The summed E-state index contributed by atoms with van der Waals surface area (Å²) in [5.74, 6) is -0.218. The van der Waals surface area contributed by atoms with Gasteiger partial charge in [0.1, 0.15) is 5.75 Å². The lowest BCUT2D eigenvalue weighted by Crippen LogP contribution is -2.16. The number of halogens is 3. The van der Waals surface area contributed by atoms with E-state index < -0.39 is 6.36 Å². The number of ether oxygens (including phenoxy) is 1. The predicted octanol–water partition coefficient (Wildman–Crippen LogP) is 6.64. The first-order valence-electron chi connectivity index (χ1n) is 8.55. The number of benzene rings is 2. The quantitative estimate of drug-likeness (QED) is 0.492. The Morgan fingerprint density at radius 1 is 0.926 bits per heavy atom. The summed E-state index contributed by atoms with van der Waals surface area (Å²) >= 11 is 1.71. The van der Waals surface area contributed by atoms with E-state index in [2.05, 4.69) is 16.2 Å². The second-order valence-corrected chi connectivity index (χ2v) is 7.25. The minimum atomic E-state index is -4.67. The third-order valence-electron chi connectivity index (χ3n) is 4.49. The van der Waals surface area contributed by atoms with Gasteiger partial charge in [0.2, 0.25) is 0 Å². The Balaban J connectivity index is 1.48. The van der Waals surface area contributed by atoms with Crippen LogP contribution in [-0.2, 0) is 0 Å². The van der Waals surface area contributed by atoms with E-state index in [4.69, 9.17) is 4.99 Å². The highest BCUT2D eigenvalue weighted by molar-refractivity contribution is 7.12. The third kappa shape index (κ3) is 4.22. The van der Waals surface area contributed by atoms with Gasteiger partial charge in [0.25, 0.3) is 0 Å². The van der Waals surface area contributed by atoms with Crippen molar-refractivity contribution in [3.8, 4) is 16.9 Å². The Kier molecular flexibility index (Phi) is 4.74. The molecule has 0 bridgehead atoms. The summed E-state index contributed by atoms with van der Waals surface area (Å²) in [5.41, 5.74) is 4.10. The van der Waals surface area contributed by atoms with Crippen molar-refractivity contribution in [1.29, 1.82) is 0 Å². The Bertz CT molecular complexity index is 929. The smallest absolute Gasteiger partial charge is 0.406 e. The average molecular weight is 387 g/mol. The Morgan fingerprint density at radius 2 is 1.59 bits per heavy atom. The van der Waals surface area contributed by atoms with E-state index in [1.54, 1.807) is 23.5 Å². The van der Waals surface area contributed by atoms with Crippen molar-refractivity contribution >= 4 is 17.0 Å². The van der Waals surface area contributed by atoms with E-state index in [0.29, 0.717) is 0 Å². The van der Waals surface area contributed by atoms with Crippen LogP contribution in [0, 0.1) is 0 Å². The van der Waals surface area contributed by atoms with Crippen LogP contribution in [-0.4, -0.2) is 12.1 Å². The molecular formula is C21H16F3NOS. The zero-order valence-electron chi connectivity index (χ0n) is 14.2. The lowest BCUT2D eigenvalue weighted by Gasteiger charge is -2.10. The van der Waals surface area contributed by atoms with Crippen LogP contribution >= 0.6 is 11.3 Å². The van der Waals surface area contributed by atoms with Gasteiger partial charge in [-0.25, -0.2) is 0 Å². The largest absolute Gasteiger partial charge is 0.573 e. The highest BCUT2D eigenvalue weighted by Gasteiger charge is 2.31. The van der Waals surface area contributed by atoms with E-state index in [1.165, 1.54) is 22.7 Å². The van der Waals surface area contributed by atoms with Gasteiger partial charge in [-0.1, -0.05) is 42.5 Å². The molecule has 6 heteroatoms. The first-order chi connectivity index (χ1) is 13.0. The molecule has 0 amide bonds. The number of nitrogens with zero attached hydrogens (tertiary/aromatic N) is 1. The van der Waals surface area contributed by atoms with Gasteiger partial charge in [-0.15, -0.1) is 24.5 Å². The first kappa shape index (κ1) is 17.8. The number of thiophene rings is 1. The van der Waals surface area contributed by atoms with E-state index in [0.717, 1.165) is 29.5 Å². The maximum atomic E-state index is 12.2. The van der Waals surface area contributed by atoms with E-state index in [9.17, 15) is 13.2 Å². The molecule has 0 N–H and O–H groups in total. The molecule has 0 fully saturated rings. The molecule has 27 heavy (non-hydrogen) atoms. The molecule has 0 aliphatic carbocycles. The molecule has 0 saturated carbocycles. The highest BCUT2D eigenvalue weighted by atomic mass is 32.1. The van der Waals surface area contributed by atoms with Gasteiger partial charge in [-0.2, -0.15) is 0 Å². The van der Waals surface area contributed by atoms with Crippen LogP contribution < -0.4 is 4.74 Å². The van der Waals surface area contributed by atoms with Crippen molar-refractivity contribution in [2.45, 2.75) is 25.2 Å². The number of hydrogen-bond donors (Lipinski definition) is 0. The Hall–Kier alpha value is -2.60. The minimum absolute atomic E-state index is 0.165. The van der Waals surface area contributed by atoms with Gasteiger partial charge < -0.3 is 4.74 Å². The van der Waals surface area contributed by atoms with Gasteiger partial charge in [-0.05, 0) is 53.1 Å². The van der Waals surface area contributed by atoms with Crippen molar-refractivity contribution in [1.82, 2.24) is 0 Å². The zero-order chi connectivity index (χ0) is 18.9. The third-order valence-corrected chi connectivity index (χ3v) is 5.41. The summed E-state index contributed by atoms with van der Waals surface area (Å²) in [4.78, 5) is 6.08. The van der Waals surface area contributed by atoms with E-state index >= 15 is 0 Å². The molecule has 138 valence electrons. The monoisotopic (exact) mass is 387 g/mol. The Labute approximate surface area is 159 Å². The molecule has 2 nitrogen and oxygen atoms in total. The molecule has 4 rings (SSSR count). The minimum Gasteiger partial charge on any atom is -0.406 e. The molecular weight excluding hydrogens is 371 g/mol. The molecule has 0 saturated heterocycles. The molecule has 0 spiro atoms. The van der Waals surface area contributed by atoms with Crippen LogP contribution in [0.4, 0.5) is 13.2 Å². The van der Waals surface area contributed by atoms with Crippen molar-refractivity contribution in [2.24, 2.45) is 4.99 Å². The molecule has 3 aromatic rings. The zero-order valence-corrected chi connectivity index (χ0v) is 15.1. The molecule has 1 aromatic heterocycles. The van der Waals surface area contributed by atoms with Gasteiger partial charge >= 0.3 is 6.36 Å². The van der Waals surface area contributed by atoms with Crippen LogP contribution in [0.5, 0.6) is 5.75 Å². The fraction of sp³-hybridized carbons (Fsp3) is 0.190. The van der Waals surface area contributed by atoms with E-state index in [-0.39, 0.29) is 11.8 Å². The van der Waals surface area contributed by atoms with Gasteiger partial charge in [0.15, 0.2) is 0 Å². The van der Waals surface area contributed by atoms with Crippen molar-refractivity contribution in [3.05, 3.63) is 76.5 Å². The van der Waals surface area contributed by atoms with Gasteiger partial charge in [-0.3, -0.25) is 4.99 Å². The van der Waals surface area contributed by atoms with Crippen LogP contribution in [0.25, 0.3) is 11.1 Å². The molecule has 1 unspecified atom stereocenters. The molecule has 1 atom stereocenters. The summed E-state index contributed by atoms with van der Waals surface area (Å²) < 4.78 is 40.6. The van der Waals surface area contributed by atoms with Crippen molar-refractivity contribution < 1.29 is 17.9 Å². The second kappa shape index (κ2) is 7.19.